The monoisotopic (exact) mass is 665 g/mol. The maximum atomic E-state index is 14.3. The van der Waals surface area contributed by atoms with E-state index in [9.17, 15) is 9.18 Å². The number of fused-ring (bicyclic) bond motifs is 1. The summed E-state index contributed by atoms with van der Waals surface area (Å²) in [6, 6.07) is 6.05. The highest BCUT2D eigenvalue weighted by Gasteiger charge is 2.54. The molecule has 5 heterocycles. The van der Waals surface area contributed by atoms with Gasteiger partial charge in [-0.3, -0.25) is 14.7 Å². The van der Waals surface area contributed by atoms with Crippen LogP contribution in [0, 0.1) is 17.2 Å². The van der Waals surface area contributed by atoms with Crippen LogP contribution in [0.5, 0.6) is 17.2 Å². The summed E-state index contributed by atoms with van der Waals surface area (Å²) < 4.78 is 27.2. The van der Waals surface area contributed by atoms with Gasteiger partial charge < -0.3 is 24.6 Å². The number of anilines is 1. The first-order valence-corrected chi connectivity index (χ1v) is 16.7. The Balaban J connectivity index is 0.00000386. The lowest BCUT2D eigenvalue weighted by Crippen LogP contribution is -2.65. The van der Waals surface area contributed by atoms with E-state index >= 15 is 0 Å². The molecule has 1 aromatic carbocycles. The highest BCUT2D eigenvalue weighted by atomic mass is 35.5. The van der Waals surface area contributed by atoms with E-state index in [4.69, 9.17) is 9.47 Å². The van der Waals surface area contributed by atoms with Crippen LogP contribution in [0.25, 0.3) is 0 Å². The Morgan fingerprint density at radius 1 is 1.17 bits per heavy atom. The molecular formula is C35H45ClFN7O3. The number of halogens is 2. The highest BCUT2D eigenvalue weighted by molar-refractivity contribution is 5.97. The zero-order chi connectivity index (χ0) is 31.8. The number of aromatic nitrogens is 3. The van der Waals surface area contributed by atoms with Crippen LogP contribution >= 0.6 is 12.4 Å². The van der Waals surface area contributed by atoms with Gasteiger partial charge in [0.25, 0.3) is 5.91 Å². The van der Waals surface area contributed by atoms with Crippen LogP contribution in [0.4, 0.5) is 10.2 Å². The molecule has 12 heteroatoms. The van der Waals surface area contributed by atoms with Gasteiger partial charge in [-0.15, -0.1) is 12.4 Å². The smallest absolute Gasteiger partial charge is 0.257 e. The fraction of sp³-hybridized carbons (Fsp3) is 0.543. The van der Waals surface area contributed by atoms with Crippen molar-refractivity contribution in [2.75, 3.05) is 50.7 Å². The largest absolute Gasteiger partial charge is 0.490 e. The Morgan fingerprint density at radius 2 is 2.00 bits per heavy atom. The molecule has 2 saturated heterocycles. The van der Waals surface area contributed by atoms with E-state index in [0.29, 0.717) is 18.1 Å². The Labute approximate surface area is 282 Å². The molecule has 0 radical (unpaired) electrons. The fourth-order valence-corrected chi connectivity index (χ4v) is 7.70. The molecule has 2 aromatic heterocycles. The van der Waals surface area contributed by atoms with E-state index in [1.807, 2.05) is 33.0 Å². The third-order valence-corrected chi connectivity index (χ3v) is 10.1. The molecule has 10 nitrogen and oxygen atoms in total. The summed E-state index contributed by atoms with van der Waals surface area (Å²) in [6.07, 6.45) is 9.39. The van der Waals surface area contributed by atoms with Gasteiger partial charge in [-0.2, -0.15) is 0 Å². The Hall–Kier alpha value is -3.54. The molecule has 1 saturated carbocycles. The number of carbonyl (C=O) groups is 1. The zero-order valence-corrected chi connectivity index (χ0v) is 28.3. The standard InChI is InChI=1S/C35H44FN7O3.ClH/c1-4-43(23(2)3)34(44)27-13-25(36)5-6-30(27)46-32-17-38-22-40-33(32)42-20-35(21-42)14-26(15-35)45-31-8-11-39-29-9-12-41(19-28(29)31)18-24-7-10-37-16-24;/h5-6,8,11,13,17,22-24,26,37H,4,7,9-10,12,14-16,18-21H2,1-3H3;1H/t24-;/m0./s1. The molecule has 3 aromatic rings. The second-order valence-corrected chi connectivity index (χ2v) is 13.7. The van der Waals surface area contributed by atoms with Crippen molar-refractivity contribution in [2.24, 2.45) is 11.3 Å². The molecule has 47 heavy (non-hydrogen) atoms. The van der Waals surface area contributed by atoms with Crippen molar-refractivity contribution < 1.29 is 18.7 Å². The van der Waals surface area contributed by atoms with E-state index in [1.54, 1.807) is 11.1 Å². The second-order valence-electron chi connectivity index (χ2n) is 13.7. The Kier molecular flexibility index (Phi) is 9.87. The van der Waals surface area contributed by atoms with E-state index in [0.717, 1.165) is 76.7 Å². The molecule has 1 N–H and O–H groups in total. The van der Waals surface area contributed by atoms with E-state index < -0.39 is 5.82 Å². The molecule has 3 aliphatic heterocycles. The van der Waals surface area contributed by atoms with Gasteiger partial charge in [-0.25, -0.2) is 14.4 Å². The first kappa shape index (κ1) is 33.4. The van der Waals surface area contributed by atoms with Crippen LogP contribution < -0.4 is 19.7 Å². The van der Waals surface area contributed by atoms with Gasteiger partial charge in [0.05, 0.1) is 11.8 Å². The lowest BCUT2D eigenvalue weighted by atomic mass is 9.61. The molecule has 0 bridgehead atoms. The number of pyridine rings is 1. The zero-order valence-electron chi connectivity index (χ0n) is 27.5. The minimum absolute atomic E-state index is 0. The number of ether oxygens (including phenoxy) is 2. The summed E-state index contributed by atoms with van der Waals surface area (Å²) in [5.41, 5.74) is 2.79. The Bertz CT molecular complexity index is 1570. The summed E-state index contributed by atoms with van der Waals surface area (Å²) in [4.78, 5) is 33.2. The average Bonchev–Trinajstić information content (AvgIpc) is 3.52. The third-order valence-electron chi connectivity index (χ3n) is 10.1. The molecule has 3 fully saturated rings. The lowest BCUT2D eigenvalue weighted by Gasteiger charge is -2.59. The van der Waals surface area contributed by atoms with Crippen molar-refractivity contribution >= 4 is 24.1 Å². The third kappa shape index (κ3) is 6.89. The number of hydrogen-bond acceptors (Lipinski definition) is 9. The molecule has 1 atom stereocenters. The van der Waals surface area contributed by atoms with Gasteiger partial charge >= 0.3 is 0 Å². The number of amides is 1. The molecular weight excluding hydrogens is 621 g/mol. The van der Waals surface area contributed by atoms with Crippen LogP contribution in [0.3, 0.4) is 0 Å². The number of hydrogen-bond donors (Lipinski definition) is 1. The van der Waals surface area contributed by atoms with Gasteiger partial charge in [0.2, 0.25) is 0 Å². The molecule has 4 aliphatic rings. The summed E-state index contributed by atoms with van der Waals surface area (Å²) in [7, 11) is 0. The quantitative estimate of drug-likeness (QED) is 0.317. The van der Waals surface area contributed by atoms with Crippen molar-refractivity contribution in [3.63, 3.8) is 0 Å². The lowest BCUT2D eigenvalue weighted by molar-refractivity contribution is -0.0353. The fourth-order valence-electron chi connectivity index (χ4n) is 7.70. The molecule has 0 unspecified atom stereocenters. The number of carbonyl (C=O) groups excluding carboxylic acids is 1. The van der Waals surface area contributed by atoms with E-state index in [-0.39, 0.29) is 47.2 Å². The predicted octanol–water partition coefficient (Wildman–Crippen LogP) is 5.11. The van der Waals surface area contributed by atoms with Crippen molar-refractivity contribution in [1.29, 1.82) is 0 Å². The molecule has 252 valence electrons. The summed E-state index contributed by atoms with van der Waals surface area (Å²) in [5, 5.41) is 3.49. The average molecular weight is 666 g/mol. The van der Waals surface area contributed by atoms with Crippen LogP contribution in [0.15, 0.2) is 43.0 Å². The molecule has 1 spiro atoms. The van der Waals surface area contributed by atoms with Crippen LogP contribution in [-0.2, 0) is 13.0 Å². The van der Waals surface area contributed by atoms with Crippen molar-refractivity contribution in [2.45, 2.75) is 65.1 Å². The highest BCUT2D eigenvalue weighted by Crippen LogP contribution is 2.52. The second kappa shape index (κ2) is 13.9. The SMILES string of the molecule is CCN(C(=O)c1cc(F)ccc1Oc1cncnc1N1CC2(CC(Oc3ccnc4c3CN(C[C@H]3CCNC3)CC4)C2)C1)C(C)C.Cl. The van der Waals surface area contributed by atoms with Gasteiger partial charge in [-0.1, -0.05) is 0 Å². The first-order chi connectivity index (χ1) is 22.3. The minimum atomic E-state index is -0.488. The molecule has 1 amide bonds. The number of nitrogens with one attached hydrogen (secondary N) is 1. The summed E-state index contributed by atoms with van der Waals surface area (Å²) in [6.45, 7) is 13.3. The van der Waals surface area contributed by atoms with E-state index in [1.165, 1.54) is 42.2 Å². The van der Waals surface area contributed by atoms with Crippen molar-refractivity contribution in [3.8, 4) is 17.2 Å². The predicted molar refractivity (Wildman–Crippen MR) is 180 cm³/mol. The summed E-state index contributed by atoms with van der Waals surface area (Å²) >= 11 is 0. The normalized spacial score (nSPS) is 20.3. The number of rotatable bonds is 10. The van der Waals surface area contributed by atoms with Gasteiger partial charge in [0.1, 0.15) is 29.7 Å². The molecule has 7 rings (SSSR count). The van der Waals surface area contributed by atoms with Gasteiger partial charge in [-0.05, 0) is 83.3 Å². The van der Waals surface area contributed by atoms with Crippen LogP contribution in [0.1, 0.15) is 61.6 Å². The maximum absolute atomic E-state index is 14.3. The minimum Gasteiger partial charge on any atom is -0.490 e. The van der Waals surface area contributed by atoms with Crippen molar-refractivity contribution in [1.82, 2.24) is 30.1 Å². The van der Waals surface area contributed by atoms with Gasteiger partial charge in [0.15, 0.2) is 11.6 Å². The van der Waals surface area contributed by atoms with E-state index in [2.05, 4.69) is 30.1 Å². The number of nitrogens with zero attached hydrogens (tertiary/aromatic N) is 6. The number of benzene rings is 1. The van der Waals surface area contributed by atoms with Crippen molar-refractivity contribution in [3.05, 3.63) is 65.6 Å². The van der Waals surface area contributed by atoms with Gasteiger partial charge in [0, 0.05) is 74.6 Å². The topological polar surface area (TPSA) is 96.0 Å². The maximum Gasteiger partial charge on any atom is 0.257 e. The Morgan fingerprint density at radius 3 is 2.74 bits per heavy atom. The first-order valence-electron chi connectivity index (χ1n) is 16.7. The van der Waals surface area contributed by atoms with Crippen LogP contribution in [-0.4, -0.2) is 88.6 Å². The summed E-state index contributed by atoms with van der Waals surface area (Å²) in [5.74, 6) is 2.36. The van der Waals surface area contributed by atoms with Crippen LogP contribution in [0.2, 0.25) is 0 Å². The molecule has 1 aliphatic carbocycles.